The van der Waals surface area contributed by atoms with Crippen molar-refractivity contribution in [1.29, 1.82) is 0 Å². The van der Waals surface area contributed by atoms with E-state index in [1.54, 1.807) is 12.3 Å². The average molecular weight is 287 g/mol. The highest BCUT2D eigenvalue weighted by molar-refractivity contribution is 8.00. The monoisotopic (exact) mass is 287 g/mol. The van der Waals surface area contributed by atoms with Crippen molar-refractivity contribution in [3.05, 3.63) is 48.2 Å². The molecule has 0 aliphatic heterocycles. The van der Waals surface area contributed by atoms with Crippen LogP contribution in [0.5, 0.6) is 0 Å². The number of hydrogen-bond acceptors (Lipinski definition) is 4. The van der Waals surface area contributed by atoms with Gasteiger partial charge in [0.2, 0.25) is 5.91 Å². The minimum atomic E-state index is -0.208. The number of benzene rings is 1. The molecule has 4 nitrogen and oxygen atoms in total. The van der Waals surface area contributed by atoms with Gasteiger partial charge < -0.3 is 11.1 Å². The molecule has 0 fully saturated rings. The summed E-state index contributed by atoms with van der Waals surface area (Å²) in [4.78, 5) is 17.1. The fourth-order valence-electron chi connectivity index (χ4n) is 1.67. The highest BCUT2D eigenvalue weighted by atomic mass is 32.2. The number of hydrogen-bond donors (Lipinski definition) is 2. The molecule has 0 aliphatic carbocycles. The fraction of sp³-hybridized carbons (Fsp3) is 0.200. The second-order valence-corrected chi connectivity index (χ2v) is 5.90. The SMILES string of the molecule is Cc1ccccc1NC(=O)C(C)Sc1ccc(N)nc1. The van der Waals surface area contributed by atoms with Crippen LogP contribution in [0.3, 0.4) is 0 Å². The van der Waals surface area contributed by atoms with Crippen molar-refractivity contribution in [2.75, 3.05) is 11.1 Å². The standard InChI is InChI=1S/C15H17N3OS/c1-10-5-3-4-6-13(10)18-15(19)11(2)20-12-7-8-14(16)17-9-12/h3-9,11H,1-2H3,(H2,16,17)(H,18,19). The van der Waals surface area contributed by atoms with Gasteiger partial charge in [0.1, 0.15) is 5.82 Å². The summed E-state index contributed by atoms with van der Waals surface area (Å²) in [6.07, 6.45) is 1.68. The summed E-state index contributed by atoms with van der Waals surface area (Å²) in [5.41, 5.74) is 7.43. The molecule has 1 aromatic carbocycles. The molecule has 2 aromatic rings. The van der Waals surface area contributed by atoms with Crippen molar-refractivity contribution in [1.82, 2.24) is 4.98 Å². The molecule has 5 heteroatoms. The van der Waals surface area contributed by atoms with Crippen LogP contribution in [-0.4, -0.2) is 16.1 Å². The van der Waals surface area contributed by atoms with E-state index in [1.807, 2.05) is 44.2 Å². The van der Waals surface area contributed by atoms with Crippen LogP contribution in [0.4, 0.5) is 11.5 Å². The molecule has 0 aliphatic rings. The van der Waals surface area contributed by atoms with Crippen LogP contribution in [0.25, 0.3) is 0 Å². The predicted molar refractivity (Wildman–Crippen MR) is 83.8 cm³/mol. The Balaban J connectivity index is 1.99. The van der Waals surface area contributed by atoms with Gasteiger partial charge in [0.05, 0.1) is 5.25 Å². The minimum Gasteiger partial charge on any atom is -0.384 e. The van der Waals surface area contributed by atoms with Crippen LogP contribution in [0, 0.1) is 6.92 Å². The van der Waals surface area contributed by atoms with Crippen LogP contribution in [0.15, 0.2) is 47.5 Å². The number of para-hydroxylation sites is 1. The molecule has 0 spiro atoms. The van der Waals surface area contributed by atoms with E-state index in [2.05, 4.69) is 10.3 Å². The largest absolute Gasteiger partial charge is 0.384 e. The minimum absolute atomic E-state index is 0.0267. The maximum absolute atomic E-state index is 12.2. The molecule has 1 unspecified atom stereocenters. The molecule has 2 rings (SSSR count). The second kappa shape index (κ2) is 6.43. The van der Waals surface area contributed by atoms with Crippen molar-refractivity contribution < 1.29 is 4.79 Å². The molecule has 104 valence electrons. The summed E-state index contributed by atoms with van der Waals surface area (Å²) in [5, 5.41) is 2.73. The van der Waals surface area contributed by atoms with Gasteiger partial charge in [0, 0.05) is 16.8 Å². The van der Waals surface area contributed by atoms with E-state index in [0.717, 1.165) is 16.1 Å². The molecule has 0 radical (unpaired) electrons. The van der Waals surface area contributed by atoms with Gasteiger partial charge in [-0.15, -0.1) is 11.8 Å². The summed E-state index contributed by atoms with van der Waals surface area (Å²) in [7, 11) is 0. The summed E-state index contributed by atoms with van der Waals surface area (Å²) in [6.45, 7) is 3.84. The predicted octanol–water partition coefficient (Wildman–Crippen LogP) is 3.09. The van der Waals surface area contributed by atoms with Gasteiger partial charge in [-0.1, -0.05) is 18.2 Å². The Morgan fingerprint density at radius 2 is 2.05 bits per heavy atom. The van der Waals surface area contributed by atoms with Crippen molar-refractivity contribution in [2.24, 2.45) is 0 Å². The number of nitrogens with two attached hydrogens (primary N) is 1. The van der Waals surface area contributed by atoms with Gasteiger partial charge in [0.15, 0.2) is 0 Å². The number of carbonyl (C=O) groups is 1. The van der Waals surface area contributed by atoms with Crippen LogP contribution >= 0.6 is 11.8 Å². The van der Waals surface area contributed by atoms with Crippen LogP contribution in [0.1, 0.15) is 12.5 Å². The smallest absolute Gasteiger partial charge is 0.237 e. The number of aryl methyl sites for hydroxylation is 1. The molecule has 1 aromatic heterocycles. The molecule has 0 saturated heterocycles. The third-order valence-corrected chi connectivity index (χ3v) is 3.93. The Bertz CT molecular complexity index is 598. The highest BCUT2D eigenvalue weighted by Gasteiger charge is 2.15. The number of anilines is 2. The Kier molecular flexibility index (Phi) is 4.63. The molecule has 3 N–H and O–H groups in total. The molecule has 1 amide bonds. The zero-order valence-electron chi connectivity index (χ0n) is 11.5. The Morgan fingerprint density at radius 1 is 1.30 bits per heavy atom. The lowest BCUT2D eigenvalue weighted by Crippen LogP contribution is -2.22. The Morgan fingerprint density at radius 3 is 2.70 bits per heavy atom. The van der Waals surface area contributed by atoms with Crippen molar-refractivity contribution in [2.45, 2.75) is 24.0 Å². The number of thioether (sulfide) groups is 1. The molecule has 0 bridgehead atoms. The normalized spacial score (nSPS) is 11.9. The zero-order chi connectivity index (χ0) is 14.5. The van der Waals surface area contributed by atoms with Gasteiger partial charge in [0.25, 0.3) is 0 Å². The molecule has 1 atom stereocenters. The fourth-order valence-corrected chi connectivity index (χ4v) is 2.50. The molecule has 20 heavy (non-hydrogen) atoms. The summed E-state index contributed by atoms with van der Waals surface area (Å²) in [5.74, 6) is 0.451. The number of aromatic nitrogens is 1. The molecule has 0 saturated carbocycles. The lowest BCUT2D eigenvalue weighted by Gasteiger charge is -2.13. The zero-order valence-corrected chi connectivity index (χ0v) is 12.3. The quantitative estimate of drug-likeness (QED) is 0.848. The average Bonchev–Trinajstić information content (AvgIpc) is 2.44. The number of nitrogens with zero attached hydrogens (tertiary/aromatic N) is 1. The first-order valence-corrected chi connectivity index (χ1v) is 7.19. The highest BCUT2D eigenvalue weighted by Crippen LogP contribution is 2.24. The van der Waals surface area contributed by atoms with E-state index in [0.29, 0.717) is 5.82 Å². The van der Waals surface area contributed by atoms with Gasteiger partial charge >= 0.3 is 0 Å². The first-order chi connectivity index (χ1) is 9.56. The number of rotatable bonds is 4. The van der Waals surface area contributed by atoms with Crippen LogP contribution in [0.2, 0.25) is 0 Å². The van der Waals surface area contributed by atoms with Gasteiger partial charge in [-0.25, -0.2) is 4.98 Å². The topological polar surface area (TPSA) is 68.0 Å². The van der Waals surface area contributed by atoms with E-state index in [4.69, 9.17) is 5.73 Å². The molecular formula is C15H17N3OS. The van der Waals surface area contributed by atoms with Crippen molar-refractivity contribution in [3.63, 3.8) is 0 Å². The first-order valence-electron chi connectivity index (χ1n) is 6.31. The maximum atomic E-state index is 12.2. The summed E-state index contributed by atoms with van der Waals surface area (Å²) < 4.78 is 0. The van der Waals surface area contributed by atoms with Crippen molar-refractivity contribution in [3.8, 4) is 0 Å². The van der Waals surface area contributed by atoms with Crippen LogP contribution < -0.4 is 11.1 Å². The number of carbonyl (C=O) groups excluding carboxylic acids is 1. The van der Waals surface area contributed by atoms with Gasteiger partial charge in [-0.3, -0.25) is 4.79 Å². The van der Waals surface area contributed by atoms with E-state index in [9.17, 15) is 4.79 Å². The number of nitrogen functional groups attached to an aromatic ring is 1. The maximum Gasteiger partial charge on any atom is 0.237 e. The lowest BCUT2D eigenvalue weighted by molar-refractivity contribution is -0.115. The van der Waals surface area contributed by atoms with Gasteiger partial charge in [-0.2, -0.15) is 0 Å². The van der Waals surface area contributed by atoms with E-state index in [1.165, 1.54) is 11.8 Å². The molecule has 1 heterocycles. The number of amides is 1. The third kappa shape index (κ3) is 3.74. The van der Waals surface area contributed by atoms with E-state index in [-0.39, 0.29) is 11.2 Å². The summed E-state index contributed by atoms with van der Waals surface area (Å²) >= 11 is 1.46. The second-order valence-electron chi connectivity index (χ2n) is 4.48. The Labute approximate surface area is 122 Å². The van der Waals surface area contributed by atoms with E-state index >= 15 is 0 Å². The van der Waals surface area contributed by atoms with Crippen LogP contribution in [-0.2, 0) is 4.79 Å². The van der Waals surface area contributed by atoms with E-state index < -0.39 is 0 Å². The number of pyridine rings is 1. The first kappa shape index (κ1) is 14.4. The van der Waals surface area contributed by atoms with Crippen molar-refractivity contribution >= 4 is 29.2 Å². The molecular weight excluding hydrogens is 270 g/mol. The summed E-state index contributed by atoms with van der Waals surface area (Å²) in [6, 6.07) is 11.3. The third-order valence-electron chi connectivity index (χ3n) is 2.84. The lowest BCUT2D eigenvalue weighted by atomic mass is 10.2. The van der Waals surface area contributed by atoms with Gasteiger partial charge in [-0.05, 0) is 37.6 Å². The Hall–Kier alpha value is -2.01. The number of nitrogens with one attached hydrogen (secondary N) is 1.